The zero-order valence-corrected chi connectivity index (χ0v) is 11.4. The lowest BCUT2D eigenvalue weighted by molar-refractivity contribution is -0.144. The van der Waals surface area contributed by atoms with Crippen LogP contribution in [0.25, 0.3) is 0 Å². The Morgan fingerprint density at radius 2 is 2.00 bits per heavy atom. The highest BCUT2D eigenvalue weighted by atomic mass is 16.4. The van der Waals surface area contributed by atoms with Gasteiger partial charge in [-0.15, -0.1) is 0 Å². The Morgan fingerprint density at radius 3 is 2.47 bits per heavy atom. The molecule has 0 saturated carbocycles. The van der Waals surface area contributed by atoms with Gasteiger partial charge >= 0.3 is 13.1 Å². The molecule has 0 amide bonds. The fourth-order valence-electron chi connectivity index (χ4n) is 1.71. The topological polar surface area (TPSA) is 136 Å². The van der Waals surface area contributed by atoms with Crippen molar-refractivity contribution in [3.05, 3.63) is 0 Å². The highest BCUT2D eigenvalue weighted by Crippen LogP contribution is 2.17. The average molecular weight is 276 g/mol. The molecule has 0 saturated heterocycles. The number of carboxylic acid groups (broad SMARTS) is 1. The lowest BCUT2D eigenvalue weighted by atomic mass is 9.81. The number of aliphatic hydroxyl groups is 1. The number of aliphatic hydroxyl groups excluding tert-OH is 1. The van der Waals surface area contributed by atoms with E-state index in [4.69, 9.17) is 26.0 Å². The summed E-state index contributed by atoms with van der Waals surface area (Å²) in [4.78, 5) is 11.2. The fraction of sp³-hybridized carbons (Fsp3) is 0.909. The minimum Gasteiger partial charge on any atom is -0.480 e. The Kier molecular flexibility index (Phi) is 8.95. The molecule has 0 aromatic carbocycles. The molecule has 2 atom stereocenters. The largest absolute Gasteiger partial charge is 0.480 e. The third-order valence-corrected chi connectivity index (χ3v) is 3.10. The smallest absolute Gasteiger partial charge is 0.451 e. The molecule has 0 fully saturated rings. The SMILES string of the molecule is C[C@H](CO)NCCC(N)(CCCCB(O)O)C(=O)O. The summed E-state index contributed by atoms with van der Waals surface area (Å²) in [5.41, 5.74) is 4.54. The van der Waals surface area contributed by atoms with Gasteiger partial charge in [-0.25, -0.2) is 0 Å². The summed E-state index contributed by atoms with van der Waals surface area (Å²) >= 11 is 0. The molecule has 112 valence electrons. The van der Waals surface area contributed by atoms with Crippen LogP contribution in [0.15, 0.2) is 0 Å². The molecule has 8 heteroatoms. The summed E-state index contributed by atoms with van der Waals surface area (Å²) in [6.07, 6.45) is 1.80. The van der Waals surface area contributed by atoms with Crippen molar-refractivity contribution in [3.8, 4) is 0 Å². The van der Waals surface area contributed by atoms with Gasteiger partial charge in [0.1, 0.15) is 5.54 Å². The predicted molar refractivity (Wildman–Crippen MR) is 72.6 cm³/mol. The van der Waals surface area contributed by atoms with E-state index in [9.17, 15) is 4.79 Å². The van der Waals surface area contributed by atoms with Crippen LogP contribution >= 0.6 is 0 Å². The molecule has 0 spiro atoms. The standard InChI is InChI=1S/C11H25BN2O5/c1-9(8-15)14-7-5-11(13,10(16)17)4-2-3-6-12(18)19/h9,14-15,18-19H,2-8,13H2,1H3,(H,16,17)/t9-,11?/m1/s1. The lowest BCUT2D eigenvalue weighted by Crippen LogP contribution is -2.50. The van der Waals surface area contributed by atoms with Gasteiger partial charge in [-0.2, -0.15) is 0 Å². The number of carboxylic acids is 1. The zero-order valence-electron chi connectivity index (χ0n) is 11.4. The van der Waals surface area contributed by atoms with Crippen LogP contribution < -0.4 is 11.1 Å². The van der Waals surface area contributed by atoms with Gasteiger partial charge < -0.3 is 31.3 Å². The Hall–Kier alpha value is -0.665. The molecule has 0 aliphatic carbocycles. The summed E-state index contributed by atoms with van der Waals surface area (Å²) in [5.74, 6) is -1.06. The first kappa shape index (κ1) is 18.3. The number of nitrogens with two attached hydrogens (primary N) is 1. The molecule has 0 aliphatic heterocycles. The summed E-state index contributed by atoms with van der Waals surface area (Å²) < 4.78 is 0. The normalized spacial score (nSPS) is 15.8. The number of hydrogen-bond donors (Lipinski definition) is 6. The number of nitrogens with one attached hydrogen (secondary N) is 1. The Balaban J connectivity index is 4.08. The second kappa shape index (κ2) is 9.27. The van der Waals surface area contributed by atoms with Crippen molar-refractivity contribution in [3.63, 3.8) is 0 Å². The third kappa shape index (κ3) is 8.17. The zero-order chi connectivity index (χ0) is 14.9. The minimum atomic E-state index is -1.36. The van der Waals surface area contributed by atoms with Crippen LogP contribution in [0.5, 0.6) is 0 Å². The van der Waals surface area contributed by atoms with Crippen LogP contribution in [0.1, 0.15) is 32.6 Å². The molecule has 0 bridgehead atoms. The molecular formula is C11H25BN2O5. The van der Waals surface area contributed by atoms with E-state index in [2.05, 4.69) is 5.32 Å². The van der Waals surface area contributed by atoms with E-state index < -0.39 is 18.6 Å². The van der Waals surface area contributed by atoms with Gasteiger partial charge in [-0.3, -0.25) is 4.79 Å². The van der Waals surface area contributed by atoms with Crippen LogP contribution in [0.3, 0.4) is 0 Å². The fourth-order valence-corrected chi connectivity index (χ4v) is 1.71. The monoisotopic (exact) mass is 276 g/mol. The Morgan fingerprint density at radius 1 is 1.37 bits per heavy atom. The molecule has 0 aliphatic rings. The summed E-state index contributed by atoms with van der Waals surface area (Å²) in [7, 11) is -1.36. The van der Waals surface area contributed by atoms with Gasteiger partial charge in [-0.1, -0.05) is 12.8 Å². The van der Waals surface area contributed by atoms with Crippen molar-refractivity contribution in [1.29, 1.82) is 0 Å². The average Bonchev–Trinajstić information content (AvgIpc) is 2.34. The lowest BCUT2D eigenvalue weighted by Gasteiger charge is -2.25. The molecular weight excluding hydrogens is 251 g/mol. The highest BCUT2D eigenvalue weighted by Gasteiger charge is 2.32. The van der Waals surface area contributed by atoms with E-state index in [1.807, 2.05) is 0 Å². The van der Waals surface area contributed by atoms with E-state index in [1.54, 1.807) is 6.92 Å². The number of unbranched alkanes of at least 4 members (excludes halogenated alkanes) is 1. The maximum absolute atomic E-state index is 11.2. The second-order valence-corrected chi connectivity index (χ2v) is 4.98. The van der Waals surface area contributed by atoms with E-state index in [0.717, 1.165) is 0 Å². The van der Waals surface area contributed by atoms with Gasteiger partial charge in [0, 0.05) is 6.04 Å². The first-order chi connectivity index (χ1) is 8.81. The minimum absolute atomic E-state index is 0.0148. The predicted octanol–water partition coefficient (Wildman–Crippen LogP) is -1.23. The molecule has 19 heavy (non-hydrogen) atoms. The van der Waals surface area contributed by atoms with Crippen LogP contribution in [0.4, 0.5) is 0 Å². The maximum atomic E-state index is 11.2. The summed E-state index contributed by atoms with van der Waals surface area (Å²) in [6, 6.07) is -0.0948. The number of carbonyl (C=O) groups is 1. The molecule has 0 radical (unpaired) electrons. The van der Waals surface area contributed by atoms with Crippen LogP contribution in [-0.4, -0.2) is 58.1 Å². The second-order valence-electron chi connectivity index (χ2n) is 4.98. The van der Waals surface area contributed by atoms with Crippen molar-refractivity contribution in [2.45, 2.75) is 50.5 Å². The molecule has 1 unspecified atom stereocenters. The van der Waals surface area contributed by atoms with E-state index in [0.29, 0.717) is 19.4 Å². The number of rotatable bonds is 11. The van der Waals surface area contributed by atoms with Gasteiger partial charge in [0.15, 0.2) is 0 Å². The maximum Gasteiger partial charge on any atom is 0.451 e. The van der Waals surface area contributed by atoms with Crippen molar-refractivity contribution < 1.29 is 25.1 Å². The quantitative estimate of drug-likeness (QED) is 0.205. The van der Waals surface area contributed by atoms with E-state index in [1.165, 1.54) is 0 Å². The molecule has 0 aromatic rings. The first-order valence-electron chi connectivity index (χ1n) is 6.54. The molecule has 0 heterocycles. The Labute approximate surface area is 114 Å². The van der Waals surface area contributed by atoms with Gasteiger partial charge in [0.2, 0.25) is 0 Å². The number of hydrogen-bond acceptors (Lipinski definition) is 6. The van der Waals surface area contributed by atoms with Crippen molar-refractivity contribution >= 4 is 13.1 Å². The summed E-state index contributed by atoms with van der Waals surface area (Å²) in [5, 5.41) is 38.4. The van der Waals surface area contributed by atoms with E-state index in [-0.39, 0.29) is 31.8 Å². The van der Waals surface area contributed by atoms with Gasteiger partial charge in [0.25, 0.3) is 0 Å². The molecule has 0 rings (SSSR count). The molecule has 0 aromatic heterocycles. The van der Waals surface area contributed by atoms with Gasteiger partial charge in [0.05, 0.1) is 6.61 Å². The van der Waals surface area contributed by atoms with Crippen molar-refractivity contribution in [1.82, 2.24) is 5.32 Å². The van der Waals surface area contributed by atoms with Crippen molar-refractivity contribution in [2.75, 3.05) is 13.2 Å². The van der Waals surface area contributed by atoms with Gasteiger partial charge in [-0.05, 0) is 32.6 Å². The summed E-state index contributed by atoms with van der Waals surface area (Å²) in [6.45, 7) is 2.19. The van der Waals surface area contributed by atoms with Crippen LogP contribution in [0.2, 0.25) is 6.32 Å². The highest BCUT2D eigenvalue weighted by molar-refractivity contribution is 6.40. The van der Waals surface area contributed by atoms with Crippen molar-refractivity contribution in [2.24, 2.45) is 5.73 Å². The first-order valence-corrected chi connectivity index (χ1v) is 6.54. The third-order valence-electron chi connectivity index (χ3n) is 3.10. The number of aliphatic carboxylic acids is 1. The van der Waals surface area contributed by atoms with Crippen LogP contribution in [-0.2, 0) is 4.79 Å². The Bertz CT molecular complexity index is 267. The van der Waals surface area contributed by atoms with Crippen LogP contribution in [0, 0.1) is 0 Å². The molecule has 7 nitrogen and oxygen atoms in total. The molecule has 7 N–H and O–H groups in total. The van der Waals surface area contributed by atoms with E-state index >= 15 is 0 Å².